The largest absolute Gasteiger partial charge is 0.507 e. The van der Waals surface area contributed by atoms with Crippen LogP contribution in [0.15, 0.2) is 42.5 Å². The minimum Gasteiger partial charge on any atom is -0.507 e. The molecule has 0 aromatic heterocycles. The van der Waals surface area contributed by atoms with Gasteiger partial charge in [-0.2, -0.15) is 0 Å². The van der Waals surface area contributed by atoms with Gasteiger partial charge in [-0.3, -0.25) is 9.69 Å². The maximum atomic E-state index is 13.4. The van der Waals surface area contributed by atoms with Crippen LogP contribution in [0.4, 0.5) is 4.39 Å². The van der Waals surface area contributed by atoms with Gasteiger partial charge in [0.25, 0.3) is 5.91 Å². The number of aliphatic hydroxyl groups excluding tert-OH is 1. The monoisotopic (exact) mass is 372 g/mol. The Kier molecular flexibility index (Phi) is 6.42. The lowest BCUT2D eigenvalue weighted by atomic mass is 10.0. The van der Waals surface area contributed by atoms with Gasteiger partial charge in [0.15, 0.2) is 0 Å². The SMILES string of the molecule is O=C(NCCN1CCCC[C@H]1CO)c1ccc(-c2cc(F)ccc2O)cc1. The average Bonchev–Trinajstić information content (AvgIpc) is 2.70. The van der Waals surface area contributed by atoms with Crippen LogP contribution in [0.25, 0.3) is 11.1 Å². The first-order chi connectivity index (χ1) is 13.1. The third-order valence-corrected chi connectivity index (χ3v) is 5.06. The molecule has 2 aromatic carbocycles. The van der Waals surface area contributed by atoms with Gasteiger partial charge in [-0.25, -0.2) is 4.39 Å². The number of benzene rings is 2. The number of phenolic OH excluding ortho intramolecular Hbond substituents is 1. The number of halogens is 1. The number of phenols is 1. The van der Waals surface area contributed by atoms with Gasteiger partial charge in [0, 0.05) is 30.3 Å². The number of carbonyl (C=O) groups excluding carboxylic acids is 1. The number of aromatic hydroxyl groups is 1. The molecule has 1 amide bonds. The van der Waals surface area contributed by atoms with Crippen molar-refractivity contribution in [2.24, 2.45) is 0 Å². The smallest absolute Gasteiger partial charge is 0.251 e. The topological polar surface area (TPSA) is 72.8 Å². The lowest BCUT2D eigenvalue weighted by Crippen LogP contribution is -2.45. The van der Waals surface area contributed by atoms with Gasteiger partial charge in [0.1, 0.15) is 11.6 Å². The normalized spacial score (nSPS) is 17.6. The van der Waals surface area contributed by atoms with Crippen molar-refractivity contribution in [1.82, 2.24) is 10.2 Å². The molecule has 1 aliphatic heterocycles. The van der Waals surface area contributed by atoms with Crippen molar-refractivity contribution in [2.45, 2.75) is 25.3 Å². The van der Waals surface area contributed by atoms with Crippen molar-refractivity contribution < 1.29 is 19.4 Å². The molecule has 0 bridgehead atoms. The second kappa shape index (κ2) is 8.97. The molecule has 3 N–H and O–H groups in total. The standard InChI is InChI=1S/C21H25FN2O3/c22-17-8-9-20(26)19(13-17)15-4-6-16(7-5-15)21(27)23-10-12-24-11-2-1-3-18(24)14-25/h4-9,13,18,25-26H,1-3,10-12,14H2,(H,23,27)/t18-/m0/s1. The summed E-state index contributed by atoms with van der Waals surface area (Å²) in [5.41, 5.74) is 1.54. The van der Waals surface area contributed by atoms with E-state index < -0.39 is 5.82 Å². The van der Waals surface area contributed by atoms with E-state index in [4.69, 9.17) is 0 Å². The highest BCUT2D eigenvalue weighted by atomic mass is 19.1. The van der Waals surface area contributed by atoms with Crippen molar-refractivity contribution in [3.05, 3.63) is 53.8 Å². The average molecular weight is 372 g/mol. The van der Waals surface area contributed by atoms with E-state index >= 15 is 0 Å². The summed E-state index contributed by atoms with van der Waals surface area (Å²) in [6, 6.07) is 10.7. The van der Waals surface area contributed by atoms with Crippen LogP contribution < -0.4 is 5.32 Å². The van der Waals surface area contributed by atoms with Crippen molar-refractivity contribution in [3.63, 3.8) is 0 Å². The van der Waals surface area contributed by atoms with Crippen molar-refractivity contribution in [3.8, 4) is 16.9 Å². The van der Waals surface area contributed by atoms with E-state index in [1.165, 1.54) is 18.2 Å². The van der Waals surface area contributed by atoms with Crippen molar-refractivity contribution >= 4 is 5.91 Å². The summed E-state index contributed by atoms with van der Waals surface area (Å²) < 4.78 is 13.4. The number of carbonyl (C=O) groups is 1. The fourth-order valence-electron chi connectivity index (χ4n) is 3.52. The first kappa shape index (κ1) is 19.3. The number of hydrogen-bond donors (Lipinski definition) is 3. The maximum absolute atomic E-state index is 13.4. The zero-order valence-electron chi connectivity index (χ0n) is 15.2. The maximum Gasteiger partial charge on any atom is 0.251 e. The quantitative estimate of drug-likeness (QED) is 0.729. The van der Waals surface area contributed by atoms with E-state index in [1.54, 1.807) is 24.3 Å². The predicted molar refractivity (Wildman–Crippen MR) is 102 cm³/mol. The lowest BCUT2D eigenvalue weighted by molar-refractivity contribution is 0.0849. The molecule has 0 radical (unpaired) electrons. The number of nitrogens with one attached hydrogen (secondary N) is 1. The Morgan fingerprint density at radius 3 is 2.70 bits per heavy atom. The van der Waals surface area contributed by atoms with Gasteiger partial charge in [0.2, 0.25) is 0 Å². The van der Waals surface area contributed by atoms with Crippen LogP contribution in [0.3, 0.4) is 0 Å². The number of hydrogen-bond acceptors (Lipinski definition) is 4. The number of piperidine rings is 1. The summed E-state index contributed by atoms with van der Waals surface area (Å²) in [4.78, 5) is 14.5. The van der Waals surface area contributed by atoms with E-state index in [0.717, 1.165) is 25.8 Å². The summed E-state index contributed by atoms with van der Waals surface area (Å²) in [5, 5.41) is 22.2. The molecule has 144 valence electrons. The van der Waals surface area contributed by atoms with E-state index in [-0.39, 0.29) is 24.3 Å². The molecule has 5 nitrogen and oxygen atoms in total. The zero-order valence-corrected chi connectivity index (χ0v) is 15.2. The fraction of sp³-hybridized carbons (Fsp3) is 0.381. The first-order valence-corrected chi connectivity index (χ1v) is 9.30. The Hall–Kier alpha value is -2.44. The highest BCUT2D eigenvalue weighted by Gasteiger charge is 2.21. The summed E-state index contributed by atoms with van der Waals surface area (Å²) in [5.74, 6) is -0.611. The van der Waals surface area contributed by atoms with Crippen LogP contribution in [0.2, 0.25) is 0 Å². The molecule has 2 aromatic rings. The van der Waals surface area contributed by atoms with E-state index in [0.29, 0.717) is 29.8 Å². The molecule has 0 spiro atoms. The van der Waals surface area contributed by atoms with Gasteiger partial charge in [0.05, 0.1) is 6.61 Å². The number of rotatable bonds is 6. The molecular weight excluding hydrogens is 347 g/mol. The Bertz CT molecular complexity index is 779. The van der Waals surface area contributed by atoms with Crippen molar-refractivity contribution in [1.29, 1.82) is 0 Å². The predicted octanol–water partition coefficient (Wildman–Crippen LogP) is 2.77. The highest BCUT2D eigenvalue weighted by Crippen LogP contribution is 2.29. The number of nitrogens with zero attached hydrogens (tertiary/aromatic N) is 1. The third kappa shape index (κ3) is 4.84. The molecule has 0 aliphatic carbocycles. The van der Waals surface area contributed by atoms with Gasteiger partial charge in [-0.1, -0.05) is 18.6 Å². The Morgan fingerprint density at radius 2 is 1.96 bits per heavy atom. The summed E-state index contributed by atoms with van der Waals surface area (Å²) in [6.45, 7) is 2.34. The number of amides is 1. The number of likely N-dealkylation sites (tertiary alicyclic amines) is 1. The molecular formula is C21H25FN2O3. The van der Waals surface area contributed by atoms with Crippen LogP contribution >= 0.6 is 0 Å². The van der Waals surface area contributed by atoms with Crippen LogP contribution in [0.1, 0.15) is 29.6 Å². The van der Waals surface area contributed by atoms with E-state index in [2.05, 4.69) is 10.2 Å². The second-order valence-corrected chi connectivity index (χ2v) is 6.86. The molecule has 1 atom stereocenters. The Balaban J connectivity index is 1.57. The zero-order chi connectivity index (χ0) is 19.2. The first-order valence-electron chi connectivity index (χ1n) is 9.30. The fourth-order valence-corrected chi connectivity index (χ4v) is 3.52. The van der Waals surface area contributed by atoms with Crippen LogP contribution in [-0.2, 0) is 0 Å². The molecule has 3 rings (SSSR count). The van der Waals surface area contributed by atoms with Crippen LogP contribution in [0, 0.1) is 5.82 Å². The molecule has 6 heteroatoms. The minimum absolute atomic E-state index is 0.00595. The van der Waals surface area contributed by atoms with Gasteiger partial charge in [-0.15, -0.1) is 0 Å². The van der Waals surface area contributed by atoms with Crippen LogP contribution in [0.5, 0.6) is 5.75 Å². The highest BCUT2D eigenvalue weighted by molar-refractivity contribution is 5.94. The third-order valence-electron chi connectivity index (χ3n) is 5.06. The van der Waals surface area contributed by atoms with E-state index in [1.807, 2.05) is 0 Å². The second-order valence-electron chi connectivity index (χ2n) is 6.86. The summed E-state index contributed by atoms with van der Waals surface area (Å²) in [6.07, 6.45) is 3.26. The van der Waals surface area contributed by atoms with E-state index in [9.17, 15) is 19.4 Å². The van der Waals surface area contributed by atoms with Gasteiger partial charge < -0.3 is 15.5 Å². The summed E-state index contributed by atoms with van der Waals surface area (Å²) in [7, 11) is 0. The number of aliphatic hydroxyl groups is 1. The van der Waals surface area contributed by atoms with Crippen molar-refractivity contribution in [2.75, 3.05) is 26.2 Å². The minimum atomic E-state index is -0.427. The molecule has 27 heavy (non-hydrogen) atoms. The summed E-state index contributed by atoms with van der Waals surface area (Å²) >= 11 is 0. The van der Waals surface area contributed by atoms with Crippen LogP contribution in [-0.4, -0.2) is 53.3 Å². The molecule has 1 saturated heterocycles. The molecule has 0 saturated carbocycles. The molecule has 1 fully saturated rings. The van der Waals surface area contributed by atoms with Gasteiger partial charge in [-0.05, 0) is 55.3 Å². The molecule has 0 unspecified atom stereocenters. The molecule has 1 aliphatic rings. The lowest BCUT2D eigenvalue weighted by Gasteiger charge is -2.34. The Labute approximate surface area is 158 Å². The van der Waals surface area contributed by atoms with Gasteiger partial charge >= 0.3 is 0 Å². The Morgan fingerprint density at radius 1 is 1.19 bits per heavy atom. The molecule has 1 heterocycles.